The largest absolute Gasteiger partial charge is 0.433 e. The van der Waals surface area contributed by atoms with Gasteiger partial charge in [-0.1, -0.05) is 6.07 Å². The molecule has 178 valence electrons. The molecule has 0 aliphatic carbocycles. The summed E-state index contributed by atoms with van der Waals surface area (Å²) in [5.41, 5.74) is 2.37. The maximum Gasteiger partial charge on any atom is 0.433 e. The second-order valence-electron chi connectivity index (χ2n) is 9.04. The molecule has 9 heteroatoms. The number of nitrogens with one attached hydrogen (secondary N) is 1. The van der Waals surface area contributed by atoms with Gasteiger partial charge < -0.3 is 15.0 Å². The highest BCUT2D eigenvalue weighted by molar-refractivity contribution is 5.71. The van der Waals surface area contributed by atoms with Gasteiger partial charge in [0.2, 0.25) is 5.95 Å². The molecule has 2 fully saturated rings. The number of aromatic nitrogens is 3. The maximum atomic E-state index is 13.0. The molecule has 2 saturated heterocycles. The van der Waals surface area contributed by atoms with Crippen molar-refractivity contribution < 1.29 is 17.9 Å². The molecule has 0 saturated carbocycles. The molecule has 6 nitrogen and oxygen atoms in total. The summed E-state index contributed by atoms with van der Waals surface area (Å²) < 4.78 is 45.0. The molecule has 2 aliphatic heterocycles. The molecular formula is C25H26F3N5O. The lowest BCUT2D eigenvalue weighted by Crippen LogP contribution is -2.48. The third kappa shape index (κ3) is 4.84. The number of halogens is 3. The lowest BCUT2D eigenvalue weighted by atomic mass is 9.90. The van der Waals surface area contributed by atoms with E-state index < -0.39 is 11.9 Å². The van der Waals surface area contributed by atoms with E-state index in [1.54, 1.807) is 0 Å². The summed E-state index contributed by atoms with van der Waals surface area (Å²) in [5, 5.41) is 2.89. The van der Waals surface area contributed by atoms with E-state index in [9.17, 15) is 13.2 Å². The van der Waals surface area contributed by atoms with Gasteiger partial charge in [0.15, 0.2) is 0 Å². The SMILES string of the molecule is Cc1cc(Nc2nccc(C(F)(F)F)n2)cc(-c2ccc(N3CCCC4(CCCO4)C3)nc2)c1. The Morgan fingerprint density at radius 2 is 1.88 bits per heavy atom. The van der Waals surface area contributed by atoms with Crippen molar-refractivity contribution in [3.63, 3.8) is 0 Å². The van der Waals surface area contributed by atoms with Crippen LogP contribution in [-0.4, -0.2) is 40.2 Å². The number of hydrogen-bond donors (Lipinski definition) is 1. The minimum absolute atomic E-state index is 0.0266. The van der Waals surface area contributed by atoms with Crippen LogP contribution in [-0.2, 0) is 10.9 Å². The normalized spacial score (nSPS) is 20.6. The molecule has 1 unspecified atom stereocenters. The monoisotopic (exact) mass is 469 g/mol. The topological polar surface area (TPSA) is 63.2 Å². The van der Waals surface area contributed by atoms with Crippen molar-refractivity contribution in [1.82, 2.24) is 15.0 Å². The second kappa shape index (κ2) is 8.87. The summed E-state index contributed by atoms with van der Waals surface area (Å²) in [6.45, 7) is 4.61. The van der Waals surface area contributed by atoms with E-state index in [0.717, 1.165) is 80.2 Å². The standard InChI is InChI=1S/C25H26F3N5O/c1-17-12-19(14-20(13-17)31-23-29-9-6-21(32-23)25(26,27)28)18-4-5-22(30-15-18)33-10-2-7-24(16-33)8-3-11-34-24/h4-6,9,12-15H,2-3,7-8,10-11,16H2,1H3,(H,29,31,32). The lowest BCUT2D eigenvalue weighted by Gasteiger charge is -2.40. The lowest BCUT2D eigenvalue weighted by molar-refractivity contribution is -0.141. The van der Waals surface area contributed by atoms with Gasteiger partial charge in [-0.25, -0.2) is 15.0 Å². The first-order chi connectivity index (χ1) is 16.3. The highest BCUT2D eigenvalue weighted by Gasteiger charge is 2.39. The van der Waals surface area contributed by atoms with Crippen molar-refractivity contribution in [3.05, 3.63) is 60.0 Å². The fourth-order valence-corrected chi connectivity index (χ4v) is 4.84. The Morgan fingerprint density at radius 3 is 2.62 bits per heavy atom. The molecule has 5 rings (SSSR count). The zero-order valence-corrected chi connectivity index (χ0v) is 18.9. The van der Waals surface area contributed by atoms with Gasteiger partial charge in [0.1, 0.15) is 11.5 Å². The van der Waals surface area contributed by atoms with E-state index in [2.05, 4.69) is 20.2 Å². The Hall–Kier alpha value is -3.20. The molecule has 0 bridgehead atoms. The fraction of sp³-hybridized carbons (Fsp3) is 0.400. The van der Waals surface area contributed by atoms with E-state index in [0.29, 0.717) is 5.69 Å². The number of aryl methyl sites for hydroxylation is 1. The Kier molecular flexibility index (Phi) is 5.89. The van der Waals surface area contributed by atoms with Crippen LogP contribution in [0.4, 0.5) is 30.6 Å². The quantitative estimate of drug-likeness (QED) is 0.524. The molecule has 34 heavy (non-hydrogen) atoms. The van der Waals surface area contributed by atoms with E-state index in [1.165, 1.54) is 0 Å². The van der Waals surface area contributed by atoms with Crippen molar-refractivity contribution in [2.24, 2.45) is 0 Å². The van der Waals surface area contributed by atoms with Crippen LogP contribution in [0.2, 0.25) is 0 Å². The predicted octanol–water partition coefficient (Wildman–Crippen LogP) is 5.76. The summed E-state index contributed by atoms with van der Waals surface area (Å²) in [6, 6.07) is 10.6. The third-order valence-electron chi connectivity index (χ3n) is 6.41. The number of hydrogen-bond acceptors (Lipinski definition) is 6. The van der Waals surface area contributed by atoms with E-state index in [-0.39, 0.29) is 11.5 Å². The van der Waals surface area contributed by atoms with Crippen LogP contribution in [0.5, 0.6) is 0 Å². The van der Waals surface area contributed by atoms with Crippen LogP contribution in [0.25, 0.3) is 11.1 Å². The van der Waals surface area contributed by atoms with Gasteiger partial charge in [0, 0.05) is 43.3 Å². The Bertz CT molecular complexity index is 1160. The number of alkyl halides is 3. The first-order valence-electron chi connectivity index (χ1n) is 11.4. The predicted molar refractivity (Wildman–Crippen MR) is 124 cm³/mol. The molecular weight excluding hydrogens is 443 g/mol. The Labute approximate surface area is 196 Å². The van der Waals surface area contributed by atoms with E-state index in [1.807, 2.05) is 43.5 Å². The number of benzene rings is 1. The minimum atomic E-state index is -4.53. The van der Waals surface area contributed by atoms with E-state index >= 15 is 0 Å². The van der Waals surface area contributed by atoms with Crippen molar-refractivity contribution >= 4 is 17.5 Å². The molecule has 1 N–H and O–H groups in total. The first-order valence-corrected chi connectivity index (χ1v) is 11.4. The van der Waals surface area contributed by atoms with Gasteiger partial charge in [-0.05, 0) is 74.1 Å². The number of pyridine rings is 1. The van der Waals surface area contributed by atoms with Crippen LogP contribution >= 0.6 is 0 Å². The van der Waals surface area contributed by atoms with Crippen LogP contribution in [0.1, 0.15) is 36.9 Å². The number of piperidine rings is 1. The van der Waals surface area contributed by atoms with Crippen LogP contribution < -0.4 is 10.2 Å². The zero-order chi connectivity index (χ0) is 23.8. The van der Waals surface area contributed by atoms with Crippen molar-refractivity contribution in [3.8, 4) is 11.1 Å². The molecule has 2 aliphatic rings. The summed E-state index contributed by atoms with van der Waals surface area (Å²) in [7, 11) is 0. The van der Waals surface area contributed by atoms with Gasteiger partial charge in [-0.15, -0.1) is 0 Å². The summed E-state index contributed by atoms with van der Waals surface area (Å²) in [4.78, 5) is 14.5. The Balaban J connectivity index is 1.34. The highest BCUT2D eigenvalue weighted by atomic mass is 19.4. The number of anilines is 3. The molecule has 3 aromatic rings. The molecule has 0 radical (unpaired) electrons. The third-order valence-corrected chi connectivity index (χ3v) is 6.41. The van der Waals surface area contributed by atoms with Gasteiger partial charge >= 0.3 is 6.18 Å². The maximum absolute atomic E-state index is 13.0. The fourth-order valence-electron chi connectivity index (χ4n) is 4.84. The molecule has 4 heterocycles. The van der Waals surface area contributed by atoms with E-state index in [4.69, 9.17) is 9.72 Å². The summed E-state index contributed by atoms with van der Waals surface area (Å²) in [5.74, 6) is 0.828. The molecule has 1 aromatic carbocycles. The van der Waals surface area contributed by atoms with Crippen molar-refractivity contribution in [2.45, 2.75) is 44.4 Å². The van der Waals surface area contributed by atoms with Gasteiger partial charge in [-0.2, -0.15) is 13.2 Å². The average Bonchev–Trinajstić information content (AvgIpc) is 3.26. The van der Waals surface area contributed by atoms with Crippen molar-refractivity contribution in [2.75, 3.05) is 29.9 Å². The number of nitrogens with zero attached hydrogens (tertiary/aromatic N) is 4. The number of rotatable bonds is 4. The Morgan fingerprint density at radius 1 is 1.03 bits per heavy atom. The van der Waals surface area contributed by atoms with Gasteiger partial charge in [0.05, 0.1) is 5.60 Å². The molecule has 2 aromatic heterocycles. The summed E-state index contributed by atoms with van der Waals surface area (Å²) >= 11 is 0. The van der Waals surface area contributed by atoms with Crippen LogP contribution in [0, 0.1) is 6.92 Å². The molecule has 1 atom stereocenters. The van der Waals surface area contributed by atoms with Crippen molar-refractivity contribution in [1.29, 1.82) is 0 Å². The van der Waals surface area contributed by atoms with Crippen LogP contribution in [0.3, 0.4) is 0 Å². The highest BCUT2D eigenvalue weighted by Crippen LogP contribution is 2.36. The first kappa shape index (κ1) is 22.6. The summed E-state index contributed by atoms with van der Waals surface area (Å²) in [6.07, 6.45) is 2.84. The molecule has 0 amide bonds. The minimum Gasteiger partial charge on any atom is -0.373 e. The van der Waals surface area contributed by atoms with Crippen LogP contribution in [0.15, 0.2) is 48.8 Å². The molecule has 1 spiro atoms. The van der Waals surface area contributed by atoms with Gasteiger partial charge in [0.25, 0.3) is 0 Å². The zero-order valence-electron chi connectivity index (χ0n) is 18.9. The van der Waals surface area contributed by atoms with Gasteiger partial charge in [-0.3, -0.25) is 0 Å². The number of ether oxygens (including phenoxy) is 1. The second-order valence-corrected chi connectivity index (χ2v) is 9.04. The average molecular weight is 470 g/mol. The smallest absolute Gasteiger partial charge is 0.373 e.